The van der Waals surface area contributed by atoms with Crippen molar-refractivity contribution < 1.29 is 44.2 Å². The van der Waals surface area contributed by atoms with Crippen molar-refractivity contribution >= 4 is 5.97 Å². The number of carbonyl (C=O) groups is 1. The van der Waals surface area contributed by atoms with Gasteiger partial charge in [0.05, 0.1) is 19.8 Å². The van der Waals surface area contributed by atoms with Gasteiger partial charge in [-0.1, -0.05) is 69.6 Å². The van der Waals surface area contributed by atoms with Crippen LogP contribution in [0.3, 0.4) is 0 Å². The summed E-state index contributed by atoms with van der Waals surface area (Å²) in [6, 6.07) is 0. The Morgan fingerprint density at radius 2 is 1.54 bits per heavy atom. The summed E-state index contributed by atoms with van der Waals surface area (Å²) in [4.78, 5) is 12.2. The maximum atomic E-state index is 12.2. The second kappa shape index (κ2) is 23.1. The molecule has 9 heteroatoms. The third-order valence-corrected chi connectivity index (χ3v) is 6.32. The Morgan fingerprint density at radius 1 is 0.846 bits per heavy atom. The number of allylic oxidation sites excluding steroid dienone is 6. The zero-order chi connectivity index (χ0) is 28.7. The van der Waals surface area contributed by atoms with Gasteiger partial charge in [0, 0.05) is 13.0 Å². The Morgan fingerprint density at radius 3 is 2.23 bits per heavy atom. The molecule has 1 aliphatic rings. The van der Waals surface area contributed by atoms with Gasteiger partial charge in [-0.05, 0) is 44.9 Å². The fourth-order valence-corrected chi connectivity index (χ4v) is 3.95. The van der Waals surface area contributed by atoms with Crippen molar-refractivity contribution in [2.45, 2.75) is 121 Å². The molecule has 0 saturated carbocycles. The molecule has 0 radical (unpaired) electrons. The Bertz CT molecular complexity index is 692. The molecule has 1 fully saturated rings. The van der Waals surface area contributed by atoms with E-state index in [2.05, 4.69) is 43.4 Å². The number of aliphatic hydroxyl groups excluding tert-OH is 4. The Balaban J connectivity index is 2.30. The van der Waals surface area contributed by atoms with Crippen LogP contribution >= 0.6 is 0 Å². The van der Waals surface area contributed by atoms with Gasteiger partial charge in [0.15, 0.2) is 6.29 Å². The SMILES string of the molecule is CC/C=C\C/C=C\C/C=C\CCCCCCOCC(COC1OC(CO)C(O)C(O)C1O)OC(=O)CCCC. The van der Waals surface area contributed by atoms with Crippen LogP contribution < -0.4 is 0 Å². The molecular formula is C30H52O9. The maximum Gasteiger partial charge on any atom is 0.306 e. The number of unbranched alkanes of at least 4 members (excludes halogenated alkanes) is 5. The lowest BCUT2D eigenvalue weighted by Gasteiger charge is -2.39. The molecule has 0 amide bonds. The number of ether oxygens (including phenoxy) is 4. The fraction of sp³-hybridized carbons (Fsp3) is 0.767. The van der Waals surface area contributed by atoms with Crippen LogP contribution in [0, 0.1) is 0 Å². The number of rotatable bonds is 22. The highest BCUT2D eigenvalue weighted by Crippen LogP contribution is 2.22. The molecule has 0 aromatic rings. The van der Waals surface area contributed by atoms with Crippen LogP contribution in [-0.4, -0.2) is 89.6 Å². The van der Waals surface area contributed by atoms with Crippen molar-refractivity contribution in [1.82, 2.24) is 0 Å². The van der Waals surface area contributed by atoms with E-state index in [9.17, 15) is 25.2 Å². The lowest BCUT2D eigenvalue weighted by atomic mass is 9.99. The summed E-state index contributed by atoms with van der Waals surface area (Å²) in [5.41, 5.74) is 0. The first-order valence-corrected chi connectivity index (χ1v) is 14.6. The predicted molar refractivity (Wildman–Crippen MR) is 150 cm³/mol. The van der Waals surface area contributed by atoms with Gasteiger partial charge in [0.2, 0.25) is 0 Å². The van der Waals surface area contributed by atoms with Crippen molar-refractivity contribution in [1.29, 1.82) is 0 Å². The zero-order valence-electron chi connectivity index (χ0n) is 23.9. The molecule has 1 rings (SSSR count). The molecule has 0 aromatic heterocycles. The van der Waals surface area contributed by atoms with Gasteiger partial charge in [-0.3, -0.25) is 4.79 Å². The minimum atomic E-state index is -1.53. The Labute approximate surface area is 234 Å². The first-order chi connectivity index (χ1) is 18.9. The lowest BCUT2D eigenvalue weighted by Crippen LogP contribution is -2.59. The third-order valence-electron chi connectivity index (χ3n) is 6.32. The normalized spacial score (nSPS) is 24.7. The van der Waals surface area contributed by atoms with Crippen molar-refractivity contribution in [2.75, 3.05) is 26.4 Å². The van der Waals surface area contributed by atoms with Gasteiger partial charge in [0.25, 0.3) is 0 Å². The van der Waals surface area contributed by atoms with E-state index in [-0.39, 0.29) is 25.6 Å². The van der Waals surface area contributed by atoms with E-state index in [4.69, 9.17) is 18.9 Å². The minimum Gasteiger partial charge on any atom is -0.457 e. The summed E-state index contributed by atoms with van der Waals surface area (Å²) in [6.45, 7) is 4.09. The van der Waals surface area contributed by atoms with Crippen molar-refractivity contribution in [3.63, 3.8) is 0 Å². The van der Waals surface area contributed by atoms with Gasteiger partial charge in [0.1, 0.15) is 30.5 Å². The number of esters is 1. The highest BCUT2D eigenvalue weighted by atomic mass is 16.7. The molecule has 6 unspecified atom stereocenters. The predicted octanol–water partition coefficient (Wildman–Crippen LogP) is 3.73. The summed E-state index contributed by atoms with van der Waals surface area (Å²) >= 11 is 0. The van der Waals surface area contributed by atoms with Gasteiger partial charge >= 0.3 is 5.97 Å². The molecule has 226 valence electrons. The molecule has 1 heterocycles. The van der Waals surface area contributed by atoms with Gasteiger partial charge < -0.3 is 39.4 Å². The largest absolute Gasteiger partial charge is 0.457 e. The number of carbonyl (C=O) groups excluding carboxylic acids is 1. The van der Waals surface area contributed by atoms with E-state index >= 15 is 0 Å². The Hall–Kier alpha value is -1.59. The molecule has 0 aromatic carbocycles. The molecule has 1 aliphatic heterocycles. The van der Waals surface area contributed by atoms with Crippen LogP contribution in [0.1, 0.15) is 84.5 Å². The number of hydrogen-bond donors (Lipinski definition) is 4. The summed E-state index contributed by atoms with van der Waals surface area (Å²) in [6.07, 6.45) is 15.7. The second-order valence-corrected chi connectivity index (χ2v) is 9.82. The molecule has 0 spiro atoms. The molecule has 0 bridgehead atoms. The molecule has 4 N–H and O–H groups in total. The average molecular weight is 557 g/mol. The van der Waals surface area contributed by atoms with E-state index in [1.54, 1.807) is 0 Å². The average Bonchev–Trinajstić information content (AvgIpc) is 2.93. The fourth-order valence-electron chi connectivity index (χ4n) is 3.95. The van der Waals surface area contributed by atoms with Crippen LogP contribution in [0.4, 0.5) is 0 Å². The van der Waals surface area contributed by atoms with Crippen LogP contribution in [-0.2, 0) is 23.7 Å². The topological polar surface area (TPSA) is 135 Å². The van der Waals surface area contributed by atoms with Gasteiger partial charge in [-0.15, -0.1) is 0 Å². The summed E-state index contributed by atoms with van der Waals surface area (Å²) < 4.78 is 22.2. The quantitative estimate of drug-likeness (QED) is 0.0894. The standard InChI is InChI=1S/C30H52O9/c1-3-5-7-8-9-10-11-12-13-14-15-16-17-18-20-36-22-24(38-26(32)19-6-4-2)23-37-30-29(35)28(34)27(33)25(21-31)39-30/h5,7,9-10,12-13,24-25,27-31,33-35H,3-4,6,8,11,14-23H2,1-2H3/b7-5-,10-9-,13-12-. The molecule has 6 atom stereocenters. The molecule has 1 saturated heterocycles. The van der Waals surface area contributed by atoms with Crippen LogP contribution in [0.2, 0.25) is 0 Å². The smallest absolute Gasteiger partial charge is 0.306 e. The highest BCUT2D eigenvalue weighted by molar-refractivity contribution is 5.69. The third kappa shape index (κ3) is 16.3. The monoisotopic (exact) mass is 556 g/mol. The minimum absolute atomic E-state index is 0.125. The molecule has 0 aliphatic carbocycles. The van der Waals surface area contributed by atoms with Gasteiger partial charge in [-0.2, -0.15) is 0 Å². The lowest BCUT2D eigenvalue weighted by molar-refractivity contribution is -0.305. The first-order valence-electron chi connectivity index (χ1n) is 14.6. The van der Waals surface area contributed by atoms with Crippen LogP contribution in [0.5, 0.6) is 0 Å². The number of aliphatic hydroxyl groups is 4. The Kier molecular flexibility index (Phi) is 21.0. The van der Waals surface area contributed by atoms with E-state index < -0.39 is 43.4 Å². The molecule has 9 nitrogen and oxygen atoms in total. The molecular weight excluding hydrogens is 504 g/mol. The number of hydrogen-bond acceptors (Lipinski definition) is 9. The van der Waals surface area contributed by atoms with E-state index in [0.29, 0.717) is 13.0 Å². The van der Waals surface area contributed by atoms with Gasteiger partial charge in [-0.25, -0.2) is 0 Å². The molecule has 39 heavy (non-hydrogen) atoms. The van der Waals surface area contributed by atoms with Crippen molar-refractivity contribution in [3.8, 4) is 0 Å². The van der Waals surface area contributed by atoms with E-state index in [0.717, 1.165) is 57.8 Å². The maximum absolute atomic E-state index is 12.2. The summed E-state index contributed by atoms with van der Waals surface area (Å²) in [5, 5.41) is 39.4. The van der Waals surface area contributed by atoms with Crippen molar-refractivity contribution in [3.05, 3.63) is 36.5 Å². The van der Waals surface area contributed by atoms with Crippen LogP contribution in [0.15, 0.2) is 36.5 Å². The summed E-state index contributed by atoms with van der Waals surface area (Å²) in [5.74, 6) is -0.361. The van der Waals surface area contributed by atoms with E-state index in [1.165, 1.54) is 0 Å². The second-order valence-electron chi connectivity index (χ2n) is 9.82. The zero-order valence-corrected chi connectivity index (χ0v) is 23.9. The first kappa shape index (κ1) is 35.4. The van der Waals surface area contributed by atoms with Crippen molar-refractivity contribution in [2.24, 2.45) is 0 Å². The highest BCUT2D eigenvalue weighted by Gasteiger charge is 2.44. The van der Waals surface area contributed by atoms with E-state index in [1.807, 2.05) is 6.92 Å². The van der Waals surface area contributed by atoms with Crippen LogP contribution in [0.25, 0.3) is 0 Å². The summed E-state index contributed by atoms with van der Waals surface area (Å²) in [7, 11) is 0.